The maximum absolute atomic E-state index is 12.5. The van der Waals surface area contributed by atoms with E-state index in [1.807, 2.05) is 0 Å². The van der Waals surface area contributed by atoms with Gasteiger partial charge in [0.25, 0.3) is 20.2 Å². The molecule has 0 bridgehead atoms. The first-order valence-electron chi connectivity index (χ1n) is 13.4. The number of nitrogens with two attached hydrogens (primary N) is 1. The topological polar surface area (TPSA) is 350 Å². The van der Waals surface area contributed by atoms with E-state index in [0.29, 0.717) is 17.5 Å². The molecule has 4 aromatic carbocycles. The average molecular weight is 868 g/mol. The zero-order chi connectivity index (χ0) is 40.2. The van der Waals surface area contributed by atoms with Crippen molar-refractivity contribution in [3.05, 3.63) is 72.5 Å². The van der Waals surface area contributed by atoms with Crippen LogP contribution in [-0.4, -0.2) is 58.4 Å². The summed E-state index contributed by atoms with van der Waals surface area (Å²) in [6.07, 6.45) is 0. The molecule has 0 aliphatic heterocycles. The Kier molecular flexibility index (Phi) is 13.0. The molecule has 0 heterocycles. The van der Waals surface area contributed by atoms with Crippen LogP contribution in [0.2, 0.25) is 0 Å². The smallest absolute Gasteiger partial charge is 0.296 e. The van der Waals surface area contributed by atoms with Crippen molar-refractivity contribution in [2.24, 2.45) is 20.5 Å². The molecular formula is C26H21N5O17S6. The van der Waals surface area contributed by atoms with Crippen LogP contribution in [0, 0.1) is 0 Å². The monoisotopic (exact) mass is 867 g/mol. The van der Waals surface area contributed by atoms with Crippen molar-refractivity contribution in [1.29, 1.82) is 0 Å². The standard InChI is InChI=1S/C26H21N5O17S6/c1-3-51(35,36)15-7-5-14(6-8-15)28-30-24-17(49-47-45-33)9-13-10-19(53(39,40)41)25(26(32)21(13)22(24)27)31-29-23-18(50-48-46-34)11-16(52(37,38)4-2)12-20(23)54(42,43)44/h3-12,32-34H,1-2,27H2,(H,39,40,41)(H,42,43,44). The maximum Gasteiger partial charge on any atom is 0.296 e. The molecule has 0 aliphatic rings. The van der Waals surface area contributed by atoms with E-state index in [0.717, 1.165) is 17.5 Å². The summed E-state index contributed by atoms with van der Waals surface area (Å²) in [5.74, 6) is -1.14. The second-order valence-corrected chi connectivity index (χ2v) is 17.8. The number of benzene rings is 4. The summed E-state index contributed by atoms with van der Waals surface area (Å²) in [4.78, 5) is -4.15. The fraction of sp³-hybridized carbons (Fsp3) is 0. The minimum atomic E-state index is -5.40. The number of anilines is 1. The van der Waals surface area contributed by atoms with Crippen molar-refractivity contribution in [2.75, 3.05) is 5.73 Å². The molecule has 0 fully saturated rings. The van der Waals surface area contributed by atoms with E-state index in [-0.39, 0.29) is 50.6 Å². The fourth-order valence-corrected chi connectivity index (χ4v) is 8.28. The lowest BCUT2D eigenvalue weighted by molar-refractivity contribution is -0.432. The molecular weight excluding hydrogens is 847 g/mol. The van der Waals surface area contributed by atoms with Crippen molar-refractivity contribution in [2.45, 2.75) is 29.4 Å². The Hall–Kier alpha value is -4.40. The fourth-order valence-electron chi connectivity index (χ4n) is 4.26. The largest absolute Gasteiger partial charge is 0.505 e. The number of rotatable bonds is 16. The number of hydrogen-bond acceptors (Lipinski definition) is 22. The molecule has 0 aliphatic carbocycles. The Bertz CT molecular complexity index is 2670. The van der Waals surface area contributed by atoms with Gasteiger partial charge in [0, 0.05) is 10.8 Å². The summed E-state index contributed by atoms with van der Waals surface area (Å²) in [6, 6.07) is 7.85. The summed E-state index contributed by atoms with van der Waals surface area (Å²) < 4.78 is 128. The molecule has 28 heteroatoms. The van der Waals surface area contributed by atoms with Crippen LogP contribution in [0.5, 0.6) is 5.75 Å². The number of azo groups is 2. The molecule has 288 valence electrons. The number of nitrogen functional groups attached to an aromatic ring is 1. The molecule has 0 radical (unpaired) electrons. The van der Waals surface area contributed by atoms with Crippen molar-refractivity contribution >= 4 is 103 Å². The Morgan fingerprint density at radius 2 is 1.13 bits per heavy atom. The molecule has 4 aromatic rings. The molecule has 0 saturated carbocycles. The highest BCUT2D eigenvalue weighted by Gasteiger charge is 2.28. The normalized spacial score (nSPS) is 12.9. The first-order valence-corrected chi connectivity index (χ1v) is 20.9. The number of hydrogen-bond donors (Lipinski definition) is 6. The number of phenols is 1. The third-order valence-corrected chi connectivity index (χ3v) is 12.3. The van der Waals surface area contributed by atoms with E-state index in [9.17, 15) is 47.9 Å². The van der Waals surface area contributed by atoms with Gasteiger partial charge >= 0.3 is 0 Å². The number of sulfone groups is 2. The third-order valence-electron chi connectivity index (χ3n) is 6.64. The molecule has 0 atom stereocenters. The predicted molar refractivity (Wildman–Crippen MR) is 187 cm³/mol. The Morgan fingerprint density at radius 3 is 1.65 bits per heavy atom. The van der Waals surface area contributed by atoms with Gasteiger partial charge in [-0.05, 0) is 53.9 Å². The van der Waals surface area contributed by atoms with E-state index in [2.05, 4.69) is 52.4 Å². The number of aromatic hydroxyl groups is 1. The second-order valence-electron chi connectivity index (χ2n) is 9.79. The van der Waals surface area contributed by atoms with Gasteiger partial charge in [-0.1, -0.05) is 23.2 Å². The van der Waals surface area contributed by atoms with Crippen LogP contribution in [-0.2, 0) is 58.7 Å². The highest BCUT2D eigenvalue weighted by atomic mass is 32.2. The van der Waals surface area contributed by atoms with Gasteiger partial charge in [0.2, 0.25) is 0 Å². The zero-order valence-corrected chi connectivity index (χ0v) is 31.0. The van der Waals surface area contributed by atoms with Gasteiger partial charge in [0.15, 0.2) is 25.4 Å². The highest BCUT2D eigenvalue weighted by Crippen LogP contribution is 2.50. The SMILES string of the molecule is C=CS(=O)(=O)c1ccc(N=Nc2c(SOOO)cc3cc(S(=O)(=O)O)c(N=Nc4c(SOOO)cc(S(=O)(=O)C=C)cc4S(=O)(=O)O)c(O)c3c2N)cc1. The quantitative estimate of drug-likeness (QED) is 0.0184. The summed E-state index contributed by atoms with van der Waals surface area (Å²) >= 11 is 0.203. The number of phenolic OH excluding ortho intramolecular Hbond substituents is 1. The van der Waals surface area contributed by atoms with Crippen molar-refractivity contribution < 1.29 is 77.1 Å². The van der Waals surface area contributed by atoms with Gasteiger partial charge in [-0.2, -0.15) is 21.9 Å². The lowest BCUT2D eigenvalue weighted by Gasteiger charge is -2.14. The highest BCUT2D eigenvalue weighted by molar-refractivity contribution is 7.95. The van der Waals surface area contributed by atoms with Crippen LogP contribution in [0.1, 0.15) is 0 Å². The van der Waals surface area contributed by atoms with Crippen LogP contribution in [0.3, 0.4) is 0 Å². The lowest BCUT2D eigenvalue weighted by Crippen LogP contribution is -2.04. The van der Waals surface area contributed by atoms with E-state index in [1.165, 1.54) is 24.3 Å². The Morgan fingerprint density at radius 1 is 0.648 bits per heavy atom. The summed E-state index contributed by atoms with van der Waals surface area (Å²) in [7, 11) is -19.0. The summed E-state index contributed by atoms with van der Waals surface area (Å²) in [5.41, 5.74) is 3.49. The minimum Gasteiger partial charge on any atom is -0.505 e. The number of nitrogens with zero attached hydrogens (tertiary/aromatic N) is 4. The molecule has 7 N–H and O–H groups in total. The van der Waals surface area contributed by atoms with Crippen molar-refractivity contribution in [3.63, 3.8) is 0 Å². The van der Waals surface area contributed by atoms with E-state index < -0.39 is 87.7 Å². The Labute approximate surface area is 312 Å². The average Bonchev–Trinajstić information content (AvgIpc) is 3.11. The van der Waals surface area contributed by atoms with Gasteiger partial charge in [-0.25, -0.2) is 27.4 Å². The molecule has 0 amide bonds. The molecule has 0 unspecified atom stereocenters. The second kappa shape index (κ2) is 16.5. The lowest BCUT2D eigenvalue weighted by atomic mass is 10.1. The van der Waals surface area contributed by atoms with Crippen LogP contribution >= 0.6 is 24.1 Å². The van der Waals surface area contributed by atoms with Gasteiger partial charge in [0.05, 0.1) is 60.4 Å². The molecule has 4 rings (SSSR count). The van der Waals surface area contributed by atoms with Crippen molar-refractivity contribution in [1.82, 2.24) is 0 Å². The minimum absolute atomic E-state index is 0.0608. The Balaban J connectivity index is 2.02. The first-order chi connectivity index (χ1) is 25.2. The number of fused-ring (bicyclic) bond motifs is 1. The molecule has 54 heavy (non-hydrogen) atoms. The first kappa shape index (κ1) is 42.3. The van der Waals surface area contributed by atoms with Crippen LogP contribution in [0.15, 0.2) is 122 Å². The molecule has 22 nitrogen and oxygen atoms in total. The van der Waals surface area contributed by atoms with Gasteiger partial charge in [0.1, 0.15) is 26.9 Å². The zero-order valence-electron chi connectivity index (χ0n) is 26.1. The summed E-state index contributed by atoms with van der Waals surface area (Å²) in [6.45, 7) is 6.34. The van der Waals surface area contributed by atoms with E-state index >= 15 is 0 Å². The van der Waals surface area contributed by atoms with Gasteiger partial charge < -0.3 is 10.8 Å². The predicted octanol–water partition coefficient (Wildman–Crippen LogP) is 6.14. The van der Waals surface area contributed by atoms with E-state index in [4.69, 9.17) is 16.2 Å². The van der Waals surface area contributed by atoms with Crippen molar-refractivity contribution in [3.8, 4) is 5.75 Å². The van der Waals surface area contributed by atoms with Crippen LogP contribution in [0.4, 0.5) is 28.4 Å². The third kappa shape index (κ3) is 9.27. The maximum atomic E-state index is 12.5. The van der Waals surface area contributed by atoms with Crippen LogP contribution < -0.4 is 5.73 Å². The van der Waals surface area contributed by atoms with Crippen LogP contribution in [0.25, 0.3) is 10.8 Å². The van der Waals surface area contributed by atoms with Gasteiger partial charge in [-0.15, -0.1) is 24.0 Å². The van der Waals surface area contributed by atoms with E-state index in [1.54, 1.807) is 0 Å². The summed E-state index contributed by atoms with van der Waals surface area (Å²) in [5, 5.41) is 51.5. The molecule has 0 saturated heterocycles. The molecule has 0 spiro atoms. The van der Waals surface area contributed by atoms with Gasteiger partial charge in [-0.3, -0.25) is 9.11 Å². The molecule has 0 aromatic heterocycles.